The van der Waals surface area contributed by atoms with Crippen LogP contribution in [0.2, 0.25) is 0 Å². The van der Waals surface area contributed by atoms with E-state index < -0.39 is 0 Å². The fourth-order valence-electron chi connectivity index (χ4n) is 0.670. The van der Waals surface area contributed by atoms with Gasteiger partial charge >= 0.3 is 0 Å². The second-order valence-corrected chi connectivity index (χ2v) is 2.40. The Morgan fingerprint density at radius 3 is 2.91 bits per heavy atom. The van der Waals surface area contributed by atoms with Crippen LogP contribution in [-0.2, 0) is 4.79 Å². The van der Waals surface area contributed by atoms with Gasteiger partial charge < -0.3 is 11.1 Å². The van der Waals surface area contributed by atoms with Crippen LogP contribution in [0.4, 0.5) is 0 Å². The monoisotopic (exact) mass is 154 g/mol. The van der Waals surface area contributed by atoms with Crippen LogP contribution in [0.3, 0.4) is 0 Å². The Morgan fingerprint density at radius 1 is 1.82 bits per heavy atom. The van der Waals surface area contributed by atoms with E-state index >= 15 is 0 Å². The largest absolute Gasteiger partial charge is 0.356 e. The van der Waals surface area contributed by atoms with Crippen molar-refractivity contribution in [3.05, 3.63) is 0 Å². The van der Waals surface area contributed by atoms with Gasteiger partial charge in [0.2, 0.25) is 5.91 Å². The molecular weight excluding hydrogens is 140 g/mol. The highest BCUT2D eigenvalue weighted by Crippen LogP contribution is 1.90. The predicted octanol–water partition coefficient (Wildman–Crippen LogP) is -0.137. The zero-order valence-corrected chi connectivity index (χ0v) is 6.76. The number of nitrogens with one attached hydrogen (secondary N) is 1. The quantitative estimate of drug-likeness (QED) is 0.437. The predicted molar refractivity (Wildman–Crippen MR) is 44.7 cm³/mol. The zero-order valence-electron chi connectivity index (χ0n) is 6.76. The van der Waals surface area contributed by atoms with Crippen LogP contribution < -0.4 is 11.1 Å². The molecule has 1 amide bonds. The van der Waals surface area contributed by atoms with Gasteiger partial charge in [-0.2, -0.15) is 0 Å². The van der Waals surface area contributed by atoms with Gasteiger partial charge in [-0.1, -0.05) is 5.92 Å². The smallest absolute Gasteiger partial charge is 0.216 e. The van der Waals surface area contributed by atoms with Crippen molar-refractivity contribution in [2.75, 3.05) is 6.54 Å². The van der Waals surface area contributed by atoms with E-state index in [0.29, 0.717) is 6.54 Å². The van der Waals surface area contributed by atoms with E-state index in [-0.39, 0.29) is 11.9 Å². The summed E-state index contributed by atoms with van der Waals surface area (Å²) < 4.78 is 0. The topological polar surface area (TPSA) is 55.1 Å². The molecule has 0 aliphatic carbocycles. The standard InChI is InChI=1S/C8H14N2O/c1-3-8(9)5-4-6-10-7(2)11/h1,8H,4-6,9H2,2H3,(H,10,11). The van der Waals surface area contributed by atoms with Crippen LogP contribution in [-0.4, -0.2) is 18.5 Å². The summed E-state index contributed by atoms with van der Waals surface area (Å²) in [5, 5.41) is 2.66. The first-order valence-corrected chi connectivity index (χ1v) is 3.63. The van der Waals surface area contributed by atoms with E-state index in [0.717, 1.165) is 12.8 Å². The number of hydrogen-bond acceptors (Lipinski definition) is 2. The van der Waals surface area contributed by atoms with Gasteiger partial charge in [-0.25, -0.2) is 0 Å². The Bertz CT molecular complexity index is 160. The van der Waals surface area contributed by atoms with Gasteiger partial charge in [0.1, 0.15) is 0 Å². The van der Waals surface area contributed by atoms with Crippen LogP contribution in [0.5, 0.6) is 0 Å². The minimum Gasteiger partial charge on any atom is -0.356 e. The summed E-state index contributed by atoms with van der Waals surface area (Å²) in [5.41, 5.74) is 5.44. The second-order valence-electron chi connectivity index (χ2n) is 2.40. The maximum atomic E-state index is 10.4. The van der Waals surface area contributed by atoms with Crippen molar-refractivity contribution in [2.24, 2.45) is 5.73 Å². The van der Waals surface area contributed by atoms with E-state index in [1.807, 2.05) is 0 Å². The summed E-state index contributed by atoms with van der Waals surface area (Å²) in [6.07, 6.45) is 6.65. The van der Waals surface area contributed by atoms with Crippen LogP contribution >= 0.6 is 0 Å². The molecule has 0 aromatic heterocycles. The fraction of sp³-hybridized carbons (Fsp3) is 0.625. The molecule has 1 unspecified atom stereocenters. The van der Waals surface area contributed by atoms with Crippen molar-refractivity contribution in [2.45, 2.75) is 25.8 Å². The molecule has 62 valence electrons. The van der Waals surface area contributed by atoms with Crippen LogP contribution in [0.25, 0.3) is 0 Å². The minimum atomic E-state index is -0.177. The highest BCUT2D eigenvalue weighted by Gasteiger charge is 1.96. The highest BCUT2D eigenvalue weighted by atomic mass is 16.1. The van der Waals surface area contributed by atoms with Crippen LogP contribution in [0.15, 0.2) is 0 Å². The van der Waals surface area contributed by atoms with Gasteiger partial charge in [0.25, 0.3) is 0 Å². The Labute approximate surface area is 67.3 Å². The maximum absolute atomic E-state index is 10.4. The molecule has 0 spiro atoms. The number of amides is 1. The molecule has 0 heterocycles. The van der Waals surface area contributed by atoms with Crippen LogP contribution in [0, 0.1) is 12.3 Å². The summed E-state index contributed by atoms with van der Waals surface area (Å²) in [6.45, 7) is 2.14. The van der Waals surface area contributed by atoms with Crippen molar-refractivity contribution < 1.29 is 4.79 Å². The molecule has 3 nitrogen and oxygen atoms in total. The molecule has 0 radical (unpaired) electrons. The molecule has 3 heteroatoms. The molecule has 0 rings (SSSR count). The molecule has 11 heavy (non-hydrogen) atoms. The Hall–Kier alpha value is -1.01. The minimum absolute atomic E-state index is 0.0146. The number of carbonyl (C=O) groups excluding carboxylic acids is 1. The summed E-state index contributed by atoms with van der Waals surface area (Å²) in [4.78, 5) is 10.4. The third-order valence-corrected chi connectivity index (χ3v) is 1.28. The normalized spacial score (nSPS) is 11.7. The van der Waals surface area contributed by atoms with Crippen molar-refractivity contribution in [1.82, 2.24) is 5.32 Å². The summed E-state index contributed by atoms with van der Waals surface area (Å²) in [7, 11) is 0. The van der Waals surface area contributed by atoms with E-state index in [9.17, 15) is 4.79 Å². The molecule has 0 aliphatic rings. The van der Waals surface area contributed by atoms with Crippen LogP contribution in [0.1, 0.15) is 19.8 Å². The molecule has 0 fully saturated rings. The van der Waals surface area contributed by atoms with E-state index in [2.05, 4.69) is 11.2 Å². The van der Waals surface area contributed by atoms with Crippen molar-refractivity contribution in [1.29, 1.82) is 0 Å². The fourth-order valence-corrected chi connectivity index (χ4v) is 0.670. The molecule has 1 atom stereocenters. The van der Waals surface area contributed by atoms with Gasteiger partial charge in [0.05, 0.1) is 6.04 Å². The lowest BCUT2D eigenvalue weighted by atomic mass is 10.2. The molecule has 0 saturated heterocycles. The molecule has 0 saturated carbocycles. The molecular formula is C8H14N2O. The number of nitrogens with two attached hydrogens (primary N) is 1. The maximum Gasteiger partial charge on any atom is 0.216 e. The summed E-state index contributed by atoms with van der Waals surface area (Å²) in [5.74, 6) is 2.40. The number of carbonyl (C=O) groups is 1. The second kappa shape index (κ2) is 5.75. The Morgan fingerprint density at radius 2 is 2.45 bits per heavy atom. The van der Waals surface area contributed by atoms with Gasteiger partial charge in [-0.15, -0.1) is 6.42 Å². The Kier molecular flexibility index (Phi) is 5.22. The van der Waals surface area contributed by atoms with Crippen molar-refractivity contribution >= 4 is 5.91 Å². The van der Waals surface area contributed by atoms with Crippen molar-refractivity contribution in [3.63, 3.8) is 0 Å². The van der Waals surface area contributed by atoms with Gasteiger partial charge in [0, 0.05) is 13.5 Å². The first kappa shape index (κ1) is 9.99. The lowest BCUT2D eigenvalue weighted by Gasteiger charge is -2.03. The molecule has 3 N–H and O–H groups in total. The van der Waals surface area contributed by atoms with Gasteiger partial charge in [-0.3, -0.25) is 4.79 Å². The summed E-state index contributed by atoms with van der Waals surface area (Å²) in [6, 6.07) is -0.177. The zero-order chi connectivity index (χ0) is 8.69. The van der Waals surface area contributed by atoms with E-state index in [1.165, 1.54) is 6.92 Å². The molecule has 0 aliphatic heterocycles. The van der Waals surface area contributed by atoms with Crippen molar-refractivity contribution in [3.8, 4) is 12.3 Å². The molecule has 0 aromatic rings. The first-order valence-electron chi connectivity index (χ1n) is 3.63. The molecule has 0 aromatic carbocycles. The SMILES string of the molecule is C#CC(N)CCCNC(C)=O. The van der Waals surface area contributed by atoms with E-state index in [1.54, 1.807) is 0 Å². The van der Waals surface area contributed by atoms with Gasteiger partial charge in [-0.05, 0) is 12.8 Å². The highest BCUT2D eigenvalue weighted by molar-refractivity contribution is 5.72. The number of terminal acetylenes is 1. The lowest BCUT2D eigenvalue weighted by molar-refractivity contribution is -0.118. The van der Waals surface area contributed by atoms with Gasteiger partial charge in [0.15, 0.2) is 0 Å². The molecule has 0 bridgehead atoms. The number of rotatable bonds is 4. The lowest BCUT2D eigenvalue weighted by Crippen LogP contribution is -2.24. The average Bonchev–Trinajstić information content (AvgIpc) is 1.97. The third kappa shape index (κ3) is 6.88. The first-order chi connectivity index (χ1) is 5.16. The number of hydrogen-bond donors (Lipinski definition) is 2. The van der Waals surface area contributed by atoms with E-state index in [4.69, 9.17) is 12.2 Å². The summed E-state index contributed by atoms with van der Waals surface area (Å²) >= 11 is 0. The third-order valence-electron chi connectivity index (χ3n) is 1.28. The average molecular weight is 154 g/mol. The Balaban J connectivity index is 3.16.